The molecule has 30 heavy (non-hydrogen) atoms. The Kier molecular flexibility index (Phi) is 6.58. The smallest absolute Gasteiger partial charge is 0.265 e. The van der Waals surface area contributed by atoms with Crippen LogP contribution in [0.4, 0.5) is 0 Å². The third-order valence-corrected chi connectivity index (χ3v) is 5.94. The standard InChI is InChI=1S/C22H21BrN2O4S/c1-13-6-5-7-14(8-13)12-29-19-11-17(23)15(10-18(19)28-4)9-16-20(26)24(2)22(30)25(3)21(16)27/h5-11H,12H2,1-4H3. The predicted molar refractivity (Wildman–Crippen MR) is 122 cm³/mol. The van der Waals surface area contributed by atoms with Gasteiger partial charge in [0.15, 0.2) is 16.6 Å². The molecule has 1 heterocycles. The maximum absolute atomic E-state index is 12.6. The number of halogens is 1. The first-order valence-electron chi connectivity index (χ1n) is 9.10. The summed E-state index contributed by atoms with van der Waals surface area (Å²) in [5.41, 5.74) is 2.83. The number of carbonyl (C=O) groups is 2. The first-order valence-corrected chi connectivity index (χ1v) is 10.3. The fourth-order valence-electron chi connectivity index (χ4n) is 3.03. The second-order valence-corrected chi connectivity index (χ2v) is 8.09. The minimum Gasteiger partial charge on any atom is -0.493 e. The molecule has 0 aromatic heterocycles. The maximum atomic E-state index is 12.6. The van der Waals surface area contributed by atoms with E-state index in [1.807, 2.05) is 25.1 Å². The SMILES string of the molecule is COc1cc(C=C2C(=O)N(C)C(=S)N(C)C2=O)c(Br)cc1OCc1cccc(C)c1. The summed E-state index contributed by atoms with van der Waals surface area (Å²) in [6.45, 7) is 2.41. The van der Waals surface area contributed by atoms with Gasteiger partial charge in [-0.05, 0) is 48.5 Å². The molecule has 2 amide bonds. The molecule has 0 N–H and O–H groups in total. The molecule has 0 saturated carbocycles. The summed E-state index contributed by atoms with van der Waals surface area (Å²) in [6, 6.07) is 11.5. The monoisotopic (exact) mass is 488 g/mol. The number of carbonyl (C=O) groups excluding carboxylic acids is 2. The van der Waals surface area contributed by atoms with Crippen LogP contribution in [0, 0.1) is 6.92 Å². The number of hydrogen-bond donors (Lipinski definition) is 0. The van der Waals surface area contributed by atoms with Crippen LogP contribution in [0.5, 0.6) is 11.5 Å². The second kappa shape index (κ2) is 8.97. The van der Waals surface area contributed by atoms with Crippen molar-refractivity contribution in [3.05, 3.63) is 63.1 Å². The van der Waals surface area contributed by atoms with E-state index in [-0.39, 0.29) is 10.7 Å². The zero-order valence-electron chi connectivity index (χ0n) is 17.1. The molecule has 1 aliphatic heterocycles. The number of ether oxygens (including phenoxy) is 2. The summed E-state index contributed by atoms with van der Waals surface area (Å²) < 4.78 is 12.1. The summed E-state index contributed by atoms with van der Waals surface area (Å²) in [7, 11) is 4.62. The lowest BCUT2D eigenvalue weighted by molar-refractivity contribution is -0.132. The minimum atomic E-state index is -0.450. The van der Waals surface area contributed by atoms with Gasteiger partial charge >= 0.3 is 0 Å². The molecule has 0 unspecified atom stereocenters. The molecule has 1 saturated heterocycles. The second-order valence-electron chi connectivity index (χ2n) is 6.87. The molecule has 1 fully saturated rings. The molecule has 6 nitrogen and oxygen atoms in total. The lowest BCUT2D eigenvalue weighted by Crippen LogP contribution is -2.52. The van der Waals surface area contributed by atoms with Gasteiger partial charge in [-0.1, -0.05) is 45.8 Å². The predicted octanol–water partition coefficient (Wildman–Crippen LogP) is 3.94. The largest absolute Gasteiger partial charge is 0.493 e. The molecule has 0 bridgehead atoms. The van der Waals surface area contributed by atoms with E-state index in [9.17, 15) is 9.59 Å². The summed E-state index contributed by atoms with van der Waals surface area (Å²) in [5, 5.41) is 0.165. The van der Waals surface area contributed by atoms with Gasteiger partial charge < -0.3 is 9.47 Å². The normalized spacial score (nSPS) is 14.3. The van der Waals surface area contributed by atoms with Gasteiger partial charge in [-0.25, -0.2) is 0 Å². The number of hydrogen-bond acceptors (Lipinski definition) is 5. The van der Waals surface area contributed by atoms with E-state index in [1.54, 1.807) is 26.2 Å². The fraction of sp³-hybridized carbons (Fsp3) is 0.227. The molecule has 1 aliphatic rings. The molecule has 3 rings (SSSR count). The van der Waals surface area contributed by atoms with Gasteiger partial charge in [0.25, 0.3) is 11.8 Å². The van der Waals surface area contributed by atoms with E-state index in [1.165, 1.54) is 23.0 Å². The van der Waals surface area contributed by atoms with Crippen LogP contribution in [-0.4, -0.2) is 47.9 Å². The van der Waals surface area contributed by atoms with E-state index in [2.05, 4.69) is 22.0 Å². The number of nitrogens with zero attached hydrogens (tertiary/aromatic N) is 2. The highest BCUT2D eigenvalue weighted by atomic mass is 79.9. The topological polar surface area (TPSA) is 59.1 Å². The van der Waals surface area contributed by atoms with Crippen LogP contribution in [0.25, 0.3) is 6.08 Å². The van der Waals surface area contributed by atoms with Crippen LogP contribution in [0.1, 0.15) is 16.7 Å². The number of rotatable bonds is 5. The summed E-state index contributed by atoms with van der Waals surface area (Å²) >= 11 is 8.62. The lowest BCUT2D eigenvalue weighted by Gasteiger charge is -2.31. The average molecular weight is 489 g/mol. The zero-order chi connectivity index (χ0) is 22.0. The summed E-state index contributed by atoms with van der Waals surface area (Å²) in [6.07, 6.45) is 1.52. The summed E-state index contributed by atoms with van der Waals surface area (Å²) in [4.78, 5) is 27.7. The van der Waals surface area contributed by atoms with Gasteiger partial charge in [-0.15, -0.1) is 0 Å². The maximum Gasteiger partial charge on any atom is 0.265 e. The van der Waals surface area contributed by atoms with Gasteiger partial charge in [0.2, 0.25) is 0 Å². The Balaban J connectivity index is 1.92. The molecular weight excluding hydrogens is 468 g/mol. The van der Waals surface area contributed by atoms with Crippen LogP contribution < -0.4 is 9.47 Å². The number of thiocarbonyl (C=S) groups is 1. The lowest BCUT2D eigenvalue weighted by atomic mass is 10.1. The molecule has 2 aromatic rings. The number of benzene rings is 2. The van der Waals surface area contributed by atoms with Crippen molar-refractivity contribution in [3.8, 4) is 11.5 Å². The minimum absolute atomic E-state index is 0.0183. The van der Waals surface area contributed by atoms with Gasteiger partial charge in [0.05, 0.1) is 7.11 Å². The highest BCUT2D eigenvalue weighted by Gasteiger charge is 2.35. The molecule has 2 aromatic carbocycles. The van der Waals surface area contributed by atoms with Crippen molar-refractivity contribution in [2.75, 3.05) is 21.2 Å². The third kappa shape index (κ3) is 4.39. The van der Waals surface area contributed by atoms with Crippen molar-refractivity contribution in [2.24, 2.45) is 0 Å². The van der Waals surface area contributed by atoms with Crippen molar-refractivity contribution in [1.29, 1.82) is 0 Å². The fourth-order valence-corrected chi connectivity index (χ4v) is 3.63. The third-order valence-electron chi connectivity index (χ3n) is 4.70. The van der Waals surface area contributed by atoms with Crippen LogP contribution in [0.15, 0.2) is 46.4 Å². The van der Waals surface area contributed by atoms with Crippen LogP contribution in [0.2, 0.25) is 0 Å². The number of methoxy groups -OCH3 is 1. The highest BCUT2D eigenvalue weighted by Crippen LogP contribution is 2.35. The van der Waals surface area contributed by atoms with Gasteiger partial charge in [0.1, 0.15) is 12.2 Å². The summed E-state index contributed by atoms with van der Waals surface area (Å²) in [5.74, 6) is 0.137. The van der Waals surface area contributed by atoms with Crippen molar-refractivity contribution < 1.29 is 19.1 Å². The van der Waals surface area contributed by atoms with E-state index >= 15 is 0 Å². The van der Waals surface area contributed by atoms with Crippen LogP contribution in [0.3, 0.4) is 0 Å². The number of aryl methyl sites for hydroxylation is 1. The first-order chi connectivity index (χ1) is 14.2. The average Bonchev–Trinajstić information content (AvgIpc) is 2.73. The molecule has 8 heteroatoms. The van der Waals surface area contributed by atoms with Crippen molar-refractivity contribution in [1.82, 2.24) is 9.80 Å². The quantitative estimate of drug-likeness (QED) is 0.362. The molecular formula is C22H21BrN2O4S. The Labute approximate surface area is 189 Å². The Bertz CT molecular complexity index is 1040. The van der Waals surface area contributed by atoms with E-state index < -0.39 is 11.8 Å². The molecule has 0 spiro atoms. The molecule has 156 valence electrons. The van der Waals surface area contributed by atoms with E-state index in [0.717, 1.165) is 11.1 Å². The van der Waals surface area contributed by atoms with E-state index in [0.29, 0.717) is 28.1 Å². The number of likely N-dealkylation sites (N-methyl/N-ethyl adjacent to an activating group) is 2. The van der Waals surface area contributed by atoms with Crippen LogP contribution >= 0.6 is 28.1 Å². The van der Waals surface area contributed by atoms with Gasteiger partial charge in [-0.2, -0.15) is 0 Å². The van der Waals surface area contributed by atoms with Crippen LogP contribution in [-0.2, 0) is 16.2 Å². The Hall–Kier alpha value is -2.71. The molecule has 0 radical (unpaired) electrons. The highest BCUT2D eigenvalue weighted by molar-refractivity contribution is 9.10. The van der Waals surface area contributed by atoms with Crippen molar-refractivity contribution in [3.63, 3.8) is 0 Å². The Morgan fingerprint density at radius 1 is 1.07 bits per heavy atom. The Morgan fingerprint density at radius 3 is 2.33 bits per heavy atom. The number of amides is 2. The van der Waals surface area contributed by atoms with Gasteiger partial charge in [0, 0.05) is 18.6 Å². The first kappa shape index (κ1) is 22.0. The molecule has 0 aliphatic carbocycles. The zero-order valence-corrected chi connectivity index (χ0v) is 19.5. The van der Waals surface area contributed by atoms with E-state index in [4.69, 9.17) is 21.7 Å². The Morgan fingerprint density at radius 2 is 1.73 bits per heavy atom. The van der Waals surface area contributed by atoms with Crippen molar-refractivity contribution >= 4 is 51.2 Å². The van der Waals surface area contributed by atoms with Gasteiger partial charge in [-0.3, -0.25) is 19.4 Å². The molecule has 0 atom stereocenters. The van der Waals surface area contributed by atoms with Crippen molar-refractivity contribution in [2.45, 2.75) is 13.5 Å².